The van der Waals surface area contributed by atoms with Crippen LogP contribution < -0.4 is 0 Å². The summed E-state index contributed by atoms with van der Waals surface area (Å²) in [7, 11) is -1.08. The van der Waals surface area contributed by atoms with Gasteiger partial charge in [0, 0.05) is 22.0 Å². The van der Waals surface area contributed by atoms with Gasteiger partial charge < -0.3 is 10.2 Å². The van der Waals surface area contributed by atoms with Gasteiger partial charge in [0.1, 0.15) is 5.82 Å². The molecular formula is C20H17FO4S. The first-order valence-corrected chi connectivity index (χ1v) is 9.47. The van der Waals surface area contributed by atoms with Crippen LogP contribution >= 0.6 is 0 Å². The fourth-order valence-electron chi connectivity index (χ4n) is 3.11. The van der Waals surface area contributed by atoms with Crippen LogP contribution in [0.1, 0.15) is 23.1 Å². The Bertz CT molecular complexity index is 958. The summed E-state index contributed by atoms with van der Waals surface area (Å²) >= 11 is 0. The lowest BCUT2D eigenvalue weighted by molar-refractivity contribution is -0.135. The Morgan fingerprint density at radius 1 is 1.12 bits per heavy atom. The largest absolute Gasteiger partial charge is 0.481 e. The number of benzene rings is 2. The molecule has 0 spiro atoms. The third-order valence-corrected chi connectivity index (χ3v) is 5.23. The Morgan fingerprint density at radius 3 is 2.38 bits per heavy atom. The van der Waals surface area contributed by atoms with Crippen LogP contribution in [-0.4, -0.2) is 33.3 Å². The van der Waals surface area contributed by atoms with E-state index in [2.05, 4.69) is 0 Å². The van der Waals surface area contributed by atoms with Gasteiger partial charge in [-0.05, 0) is 63.8 Å². The minimum absolute atomic E-state index is 0.294. The molecule has 0 heterocycles. The van der Waals surface area contributed by atoms with Crippen LogP contribution in [0.5, 0.6) is 0 Å². The molecule has 0 saturated heterocycles. The predicted octanol–water partition coefficient (Wildman–Crippen LogP) is 3.34. The number of aliphatic hydroxyl groups is 1. The predicted molar refractivity (Wildman–Crippen MR) is 99.3 cm³/mol. The van der Waals surface area contributed by atoms with Gasteiger partial charge in [0.2, 0.25) is 0 Å². The molecule has 0 saturated carbocycles. The number of aliphatic hydroxyl groups excluding tert-OH is 1. The second kappa shape index (κ2) is 7.35. The normalized spacial score (nSPS) is 16.0. The summed E-state index contributed by atoms with van der Waals surface area (Å²) in [6, 6.07) is 11.3. The molecule has 1 atom stereocenters. The SMILES string of the molecule is CS(=O)c1ccc(/C=C2/C(CO)=C(CC(=O)O)c3cc(F)ccc32)cc1. The summed E-state index contributed by atoms with van der Waals surface area (Å²) in [5, 5.41) is 19.0. The Morgan fingerprint density at radius 2 is 1.81 bits per heavy atom. The third-order valence-electron chi connectivity index (χ3n) is 4.30. The minimum Gasteiger partial charge on any atom is -0.481 e. The highest BCUT2D eigenvalue weighted by atomic mass is 32.2. The van der Waals surface area contributed by atoms with Crippen LogP contribution in [0.2, 0.25) is 0 Å². The molecule has 4 nitrogen and oxygen atoms in total. The van der Waals surface area contributed by atoms with Crippen molar-refractivity contribution in [1.29, 1.82) is 0 Å². The molecular weight excluding hydrogens is 355 g/mol. The van der Waals surface area contributed by atoms with Gasteiger partial charge in [0.25, 0.3) is 0 Å². The van der Waals surface area contributed by atoms with E-state index in [0.29, 0.717) is 32.7 Å². The quantitative estimate of drug-likeness (QED) is 0.844. The van der Waals surface area contributed by atoms with Gasteiger partial charge >= 0.3 is 5.97 Å². The van der Waals surface area contributed by atoms with E-state index in [1.165, 1.54) is 12.1 Å². The highest BCUT2D eigenvalue weighted by Gasteiger charge is 2.27. The van der Waals surface area contributed by atoms with E-state index in [0.717, 1.165) is 5.56 Å². The van der Waals surface area contributed by atoms with E-state index in [1.807, 2.05) is 6.08 Å². The molecule has 0 bridgehead atoms. The molecule has 2 aromatic rings. The van der Waals surface area contributed by atoms with Crippen molar-refractivity contribution >= 4 is 34.0 Å². The van der Waals surface area contributed by atoms with E-state index < -0.39 is 22.6 Å². The monoisotopic (exact) mass is 372 g/mol. The number of hydrogen-bond donors (Lipinski definition) is 2. The molecule has 0 aliphatic heterocycles. The average Bonchev–Trinajstić information content (AvgIpc) is 2.87. The van der Waals surface area contributed by atoms with E-state index in [-0.39, 0.29) is 13.0 Å². The van der Waals surface area contributed by atoms with E-state index in [4.69, 9.17) is 0 Å². The zero-order valence-corrected chi connectivity index (χ0v) is 14.8. The van der Waals surface area contributed by atoms with E-state index in [1.54, 1.807) is 36.6 Å². The zero-order valence-electron chi connectivity index (χ0n) is 14.0. The van der Waals surface area contributed by atoms with E-state index in [9.17, 15) is 23.6 Å². The molecule has 2 N–H and O–H groups in total. The Labute approximate surface area is 152 Å². The molecule has 1 unspecified atom stereocenters. The van der Waals surface area contributed by atoms with Gasteiger partial charge in [-0.1, -0.05) is 18.2 Å². The zero-order chi connectivity index (χ0) is 18.8. The Kier molecular flexibility index (Phi) is 5.15. The summed E-state index contributed by atoms with van der Waals surface area (Å²) in [6.07, 6.45) is 3.12. The highest BCUT2D eigenvalue weighted by Crippen LogP contribution is 2.43. The molecule has 0 radical (unpaired) electrons. The first kappa shape index (κ1) is 18.2. The van der Waals surface area contributed by atoms with Crippen molar-refractivity contribution in [3.63, 3.8) is 0 Å². The number of halogens is 1. The fourth-order valence-corrected chi connectivity index (χ4v) is 3.63. The summed E-state index contributed by atoms with van der Waals surface area (Å²) in [4.78, 5) is 11.9. The topological polar surface area (TPSA) is 74.6 Å². The van der Waals surface area contributed by atoms with Gasteiger partial charge in [-0.3, -0.25) is 9.00 Å². The number of carbonyl (C=O) groups is 1. The van der Waals surface area contributed by atoms with Gasteiger partial charge in [-0.25, -0.2) is 4.39 Å². The van der Waals surface area contributed by atoms with Crippen molar-refractivity contribution in [1.82, 2.24) is 0 Å². The number of carboxylic acids is 1. The molecule has 0 amide bonds. The van der Waals surface area contributed by atoms with Crippen molar-refractivity contribution < 1.29 is 23.6 Å². The van der Waals surface area contributed by atoms with Gasteiger partial charge in [0.05, 0.1) is 13.0 Å². The maximum absolute atomic E-state index is 13.7. The molecule has 134 valence electrons. The number of aliphatic carboxylic acids is 1. The van der Waals surface area contributed by atoms with Crippen LogP contribution in [0, 0.1) is 5.82 Å². The van der Waals surface area contributed by atoms with Crippen molar-refractivity contribution in [3.8, 4) is 0 Å². The third kappa shape index (κ3) is 3.52. The van der Waals surface area contributed by atoms with Crippen molar-refractivity contribution in [2.75, 3.05) is 12.9 Å². The molecule has 26 heavy (non-hydrogen) atoms. The summed E-state index contributed by atoms with van der Waals surface area (Å²) in [6.45, 7) is -0.345. The second-order valence-corrected chi connectivity index (χ2v) is 7.34. The van der Waals surface area contributed by atoms with Gasteiger partial charge in [0.15, 0.2) is 0 Å². The Balaban J connectivity index is 2.14. The fraction of sp³-hybridized carbons (Fsp3) is 0.150. The number of hydrogen-bond acceptors (Lipinski definition) is 3. The minimum atomic E-state index is -1.08. The number of fused-ring (bicyclic) bond motifs is 1. The first-order valence-electron chi connectivity index (χ1n) is 7.91. The van der Waals surface area contributed by atoms with Crippen molar-refractivity contribution in [2.24, 2.45) is 0 Å². The number of carboxylic acid groups (broad SMARTS) is 1. The molecule has 0 aromatic heterocycles. The lowest BCUT2D eigenvalue weighted by Gasteiger charge is -2.06. The van der Waals surface area contributed by atoms with Crippen LogP contribution in [0.4, 0.5) is 4.39 Å². The maximum Gasteiger partial charge on any atom is 0.307 e. The highest BCUT2D eigenvalue weighted by molar-refractivity contribution is 7.84. The summed E-state index contributed by atoms with van der Waals surface area (Å²) in [5.41, 5.74) is 3.57. The van der Waals surface area contributed by atoms with E-state index >= 15 is 0 Å². The van der Waals surface area contributed by atoms with Crippen molar-refractivity contribution in [2.45, 2.75) is 11.3 Å². The smallest absolute Gasteiger partial charge is 0.307 e. The molecule has 1 aliphatic rings. The average molecular weight is 372 g/mol. The molecule has 3 rings (SSSR count). The number of rotatable bonds is 5. The van der Waals surface area contributed by atoms with Crippen LogP contribution in [0.25, 0.3) is 17.2 Å². The summed E-state index contributed by atoms with van der Waals surface area (Å²) in [5.74, 6) is -1.50. The van der Waals surface area contributed by atoms with Crippen LogP contribution in [0.15, 0.2) is 52.9 Å². The lowest BCUT2D eigenvalue weighted by Crippen LogP contribution is -1.99. The van der Waals surface area contributed by atoms with Crippen LogP contribution in [0.3, 0.4) is 0 Å². The maximum atomic E-state index is 13.7. The van der Waals surface area contributed by atoms with Gasteiger partial charge in [-0.15, -0.1) is 0 Å². The molecule has 0 fully saturated rings. The Hall–Kier alpha value is -2.57. The first-order chi connectivity index (χ1) is 12.4. The van der Waals surface area contributed by atoms with Crippen LogP contribution in [-0.2, 0) is 15.6 Å². The molecule has 2 aromatic carbocycles. The van der Waals surface area contributed by atoms with Gasteiger partial charge in [-0.2, -0.15) is 0 Å². The second-order valence-electron chi connectivity index (χ2n) is 5.96. The lowest BCUT2D eigenvalue weighted by atomic mass is 10.0. The van der Waals surface area contributed by atoms with Crippen molar-refractivity contribution in [3.05, 3.63) is 70.5 Å². The standard InChI is InChI=1S/C20H17FO4S/c1-26(25)14-5-2-12(3-6-14)8-16-15-7-4-13(21)9-17(15)18(10-20(23)24)19(16)11-22/h2-9,22H,10-11H2,1H3,(H,23,24)/b16-8+. The summed E-state index contributed by atoms with van der Waals surface area (Å²) < 4.78 is 25.2. The molecule has 6 heteroatoms. The molecule has 1 aliphatic carbocycles.